The van der Waals surface area contributed by atoms with E-state index in [1.165, 1.54) is 11.1 Å². The largest absolute Gasteiger partial charge is 0.444 e. The van der Waals surface area contributed by atoms with Crippen LogP contribution in [0.15, 0.2) is 48.5 Å². The highest BCUT2D eigenvalue weighted by Gasteiger charge is 2.16. The van der Waals surface area contributed by atoms with E-state index in [2.05, 4.69) is 96.1 Å². The van der Waals surface area contributed by atoms with Crippen molar-refractivity contribution in [1.29, 1.82) is 0 Å². The Morgan fingerprint density at radius 2 is 1.43 bits per heavy atom. The smallest absolute Gasteiger partial charge is 0.407 e. The van der Waals surface area contributed by atoms with E-state index < -0.39 is 11.7 Å². The Bertz CT molecular complexity index is 1270. The number of benzene rings is 2. The Kier molecular flexibility index (Phi) is 12.1. The molecule has 0 spiro atoms. The maximum Gasteiger partial charge on any atom is 0.407 e. The van der Waals surface area contributed by atoms with Gasteiger partial charge in [-0.05, 0) is 44.2 Å². The Morgan fingerprint density at radius 1 is 0.786 bits per heavy atom. The number of hydrogen-bond acceptors (Lipinski definition) is 9. The van der Waals surface area contributed by atoms with Crippen LogP contribution >= 0.6 is 0 Å². The molecular formula is C32H46N6O4. The molecule has 1 heterocycles. The topological polar surface area (TPSA) is 120 Å². The molecule has 3 aromatic rings. The van der Waals surface area contributed by atoms with Crippen molar-refractivity contribution in [3.8, 4) is 11.4 Å². The predicted octanol–water partition coefficient (Wildman–Crippen LogP) is 5.73. The van der Waals surface area contributed by atoms with E-state index in [0.717, 1.165) is 11.1 Å². The first-order valence-corrected chi connectivity index (χ1v) is 14.4. The van der Waals surface area contributed by atoms with Gasteiger partial charge in [-0.15, -0.1) is 0 Å². The summed E-state index contributed by atoms with van der Waals surface area (Å²) in [7, 11) is 0. The van der Waals surface area contributed by atoms with Crippen LogP contribution in [0.4, 0.5) is 16.7 Å². The fourth-order valence-electron chi connectivity index (χ4n) is 3.88. The van der Waals surface area contributed by atoms with Crippen molar-refractivity contribution < 1.29 is 19.0 Å². The second-order valence-electron chi connectivity index (χ2n) is 12.1. The van der Waals surface area contributed by atoms with Gasteiger partial charge >= 0.3 is 6.09 Å². The zero-order valence-corrected chi connectivity index (χ0v) is 26.0. The molecule has 10 heteroatoms. The number of rotatable bonds is 14. The molecule has 0 fully saturated rings. The highest BCUT2D eigenvalue weighted by molar-refractivity contribution is 5.67. The SMILES string of the molecule is Cc1cccc(CNc2nc(NCCOCCOCCNC(=O)OC(C)(C)C)nc(-c3ccc(C(C)(C)C)cc3)n2)c1. The van der Waals surface area contributed by atoms with Crippen LogP contribution in [0, 0.1) is 6.92 Å². The number of nitrogens with zero attached hydrogens (tertiary/aromatic N) is 3. The predicted molar refractivity (Wildman–Crippen MR) is 167 cm³/mol. The maximum atomic E-state index is 11.6. The van der Waals surface area contributed by atoms with Crippen molar-refractivity contribution in [1.82, 2.24) is 20.3 Å². The molecule has 1 aromatic heterocycles. The fourth-order valence-corrected chi connectivity index (χ4v) is 3.88. The molecule has 0 atom stereocenters. The van der Waals surface area contributed by atoms with Crippen LogP contribution < -0.4 is 16.0 Å². The first-order chi connectivity index (χ1) is 19.9. The number of carbonyl (C=O) groups is 1. The van der Waals surface area contributed by atoms with Gasteiger partial charge < -0.3 is 30.2 Å². The highest BCUT2D eigenvalue weighted by Crippen LogP contribution is 2.25. The van der Waals surface area contributed by atoms with Gasteiger partial charge in [-0.2, -0.15) is 15.0 Å². The molecule has 0 aliphatic carbocycles. The molecule has 0 saturated carbocycles. The van der Waals surface area contributed by atoms with Crippen LogP contribution in [0.5, 0.6) is 0 Å². The molecule has 2 aromatic carbocycles. The molecular weight excluding hydrogens is 532 g/mol. The second kappa shape index (κ2) is 15.5. The molecule has 1 amide bonds. The van der Waals surface area contributed by atoms with Gasteiger partial charge in [-0.25, -0.2) is 4.79 Å². The van der Waals surface area contributed by atoms with E-state index >= 15 is 0 Å². The molecule has 0 bridgehead atoms. The Hall–Kier alpha value is -3.76. The van der Waals surface area contributed by atoms with E-state index in [-0.39, 0.29) is 5.41 Å². The van der Waals surface area contributed by atoms with Crippen molar-refractivity contribution in [2.75, 3.05) is 50.2 Å². The first kappa shape index (κ1) is 32.8. The Morgan fingerprint density at radius 3 is 2.05 bits per heavy atom. The quantitative estimate of drug-likeness (QED) is 0.206. The second-order valence-corrected chi connectivity index (χ2v) is 12.1. The van der Waals surface area contributed by atoms with Crippen LogP contribution in [0.3, 0.4) is 0 Å². The minimum atomic E-state index is -0.521. The van der Waals surface area contributed by atoms with Crippen molar-refractivity contribution in [2.45, 2.75) is 66.0 Å². The lowest BCUT2D eigenvalue weighted by molar-refractivity contribution is 0.0415. The van der Waals surface area contributed by atoms with Crippen LogP contribution in [-0.2, 0) is 26.2 Å². The summed E-state index contributed by atoms with van der Waals surface area (Å²) in [5.41, 5.74) is 4.06. The lowest BCUT2D eigenvalue weighted by Crippen LogP contribution is -2.34. The number of aromatic nitrogens is 3. The van der Waals surface area contributed by atoms with Crippen molar-refractivity contribution in [2.24, 2.45) is 0 Å². The molecule has 3 rings (SSSR count). The van der Waals surface area contributed by atoms with Crippen molar-refractivity contribution >= 4 is 18.0 Å². The lowest BCUT2D eigenvalue weighted by Gasteiger charge is -2.19. The summed E-state index contributed by atoms with van der Waals surface area (Å²) in [6.07, 6.45) is -0.453. The highest BCUT2D eigenvalue weighted by atomic mass is 16.6. The third kappa shape index (κ3) is 12.0. The van der Waals surface area contributed by atoms with Crippen molar-refractivity contribution in [3.63, 3.8) is 0 Å². The lowest BCUT2D eigenvalue weighted by atomic mass is 9.87. The number of hydrogen-bond donors (Lipinski definition) is 3. The monoisotopic (exact) mass is 578 g/mol. The van der Waals surface area contributed by atoms with Gasteiger partial charge in [0.2, 0.25) is 11.9 Å². The summed E-state index contributed by atoms with van der Waals surface area (Å²) in [6, 6.07) is 16.7. The van der Waals surface area contributed by atoms with Crippen molar-refractivity contribution in [3.05, 3.63) is 65.2 Å². The number of aryl methyl sites for hydroxylation is 1. The van der Waals surface area contributed by atoms with Gasteiger partial charge in [0.05, 0.1) is 26.4 Å². The van der Waals surface area contributed by atoms with E-state index in [9.17, 15) is 4.79 Å². The normalized spacial score (nSPS) is 11.7. The minimum absolute atomic E-state index is 0.0624. The molecule has 0 radical (unpaired) electrons. The van der Waals surface area contributed by atoms with E-state index in [1.54, 1.807) is 0 Å². The zero-order valence-electron chi connectivity index (χ0n) is 26.0. The third-order valence-electron chi connectivity index (χ3n) is 5.99. The van der Waals surface area contributed by atoms with E-state index in [0.29, 0.717) is 63.8 Å². The van der Waals surface area contributed by atoms with E-state index in [1.807, 2.05) is 26.8 Å². The van der Waals surface area contributed by atoms with Gasteiger partial charge in [0, 0.05) is 25.2 Å². The number of carbonyl (C=O) groups excluding carboxylic acids is 1. The number of ether oxygens (including phenoxy) is 3. The molecule has 0 unspecified atom stereocenters. The van der Waals surface area contributed by atoms with E-state index in [4.69, 9.17) is 19.2 Å². The van der Waals surface area contributed by atoms with Gasteiger partial charge in [-0.1, -0.05) is 74.9 Å². The van der Waals surface area contributed by atoms with Crippen LogP contribution in [0.25, 0.3) is 11.4 Å². The molecule has 228 valence electrons. The molecule has 0 aliphatic rings. The molecule has 42 heavy (non-hydrogen) atoms. The van der Waals surface area contributed by atoms with Gasteiger partial charge in [-0.3, -0.25) is 0 Å². The molecule has 0 aliphatic heterocycles. The van der Waals surface area contributed by atoms with Crippen LogP contribution in [-0.4, -0.2) is 66.2 Å². The molecule has 0 saturated heterocycles. The molecule has 3 N–H and O–H groups in total. The number of amides is 1. The minimum Gasteiger partial charge on any atom is -0.444 e. The van der Waals surface area contributed by atoms with Crippen LogP contribution in [0.1, 0.15) is 58.2 Å². The van der Waals surface area contributed by atoms with Gasteiger partial charge in [0.15, 0.2) is 5.82 Å². The number of anilines is 2. The average Bonchev–Trinajstić information content (AvgIpc) is 2.91. The average molecular weight is 579 g/mol. The zero-order chi connectivity index (χ0) is 30.6. The maximum absolute atomic E-state index is 11.6. The van der Waals surface area contributed by atoms with Gasteiger partial charge in [0.1, 0.15) is 5.60 Å². The number of nitrogens with one attached hydrogen (secondary N) is 3. The Balaban J connectivity index is 1.50. The Labute approximate surface area is 250 Å². The fraction of sp³-hybridized carbons (Fsp3) is 0.500. The molecule has 10 nitrogen and oxygen atoms in total. The summed E-state index contributed by atoms with van der Waals surface area (Å²) >= 11 is 0. The third-order valence-corrected chi connectivity index (χ3v) is 5.99. The van der Waals surface area contributed by atoms with Crippen LogP contribution in [0.2, 0.25) is 0 Å². The van der Waals surface area contributed by atoms with Gasteiger partial charge in [0.25, 0.3) is 0 Å². The summed E-state index contributed by atoms with van der Waals surface area (Å²) in [5.74, 6) is 1.56. The number of alkyl carbamates (subject to hydrolysis) is 1. The summed E-state index contributed by atoms with van der Waals surface area (Å²) in [4.78, 5) is 25.6. The standard InChI is InChI=1S/C32H46N6O4/c1-23-9-8-10-24(21-23)22-35-29-37-27(25-11-13-26(14-12-25)31(2,3)4)36-28(38-29)33-15-17-40-19-20-41-18-16-34-30(39)42-32(5,6)7/h8-14,21H,15-20,22H2,1-7H3,(H,34,39)(H2,33,35,36,37,38). The first-order valence-electron chi connectivity index (χ1n) is 14.4. The summed E-state index contributed by atoms with van der Waals surface area (Å²) in [6.45, 7) is 17.3. The summed E-state index contributed by atoms with van der Waals surface area (Å²) in [5, 5.41) is 9.25. The summed E-state index contributed by atoms with van der Waals surface area (Å²) < 4.78 is 16.4.